The molecule has 2 aromatic carbocycles. The fraction of sp³-hybridized carbons (Fsp3) is 0.417. The Hall–Kier alpha value is -2.67. The lowest BCUT2D eigenvalue weighted by molar-refractivity contribution is 0.0736. The lowest BCUT2D eigenvalue weighted by Crippen LogP contribution is -2.38. The zero-order chi connectivity index (χ0) is 21.4. The van der Waals surface area contributed by atoms with Gasteiger partial charge in [-0.25, -0.2) is 0 Å². The highest BCUT2D eigenvalue weighted by Gasteiger charge is 2.34. The van der Waals surface area contributed by atoms with E-state index < -0.39 is 10.0 Å². The molecule has 7 heteroatoms. The summed E-state index contributed by atoms with van der Waals surface area (Å²) in [7, 11) is -3.79. The van der Waals surface area contributed by atoms with Crippen LogP contribution in [0.1, 0.15) is 54.4 Å². The summed E-state index contributed by atoms with van der Waals surface area (Å²) in [5.74, 6) is 0.536. The van der Waals surface area contributed by atoms with Crippen LogP contribution in [0.4, 0.5) is 5.69 Å². The highest BCUT2D eigenvalue weighted by Crippen LogP contribution is 2.35. The number of nitrogens with zero attached hydrogens (tertiary/aromatic N) is 3. The molecule has 3 heterocycles. The zero-order valence-corrected chi connectivity index (χ0v) is 18.4. The molecule has 2 aromatic rings. The van der Waals surface area contributed by atoms with E-state index in [1.165, 1.54) is 11.6 Å². The largest absolute Gasteiger partial charge is 0.335 e. The fourth-order valence-corrected chi connectivity index (χ4v) is 6.26. The van der Waals surface area contributed by atoms with E-state index >= 15 is 0 Å². The Morgan fingerprint density at radius 3 is 2.68 bits per heavy atom. The van der Waals surface area contributed by atoms with Gasteiger partial charge in [0.25, 0.3) is 15.9 Å². The van der Waals surface area contributed by atoms with E-state index in [4.69, 9.17) is 0 Å². The van der Waals surface area contributed by atoms with Gasteiger partial charge in [-0.05, 0) is 55.9 Å². The standard InChI is InChI=1S/C24H27N3O3S/c28-24(26-15-7-10-20(26)16-18-8-3-1-4-9-18)19-12-13-21-22(17-19)31(29,30)25-23-11-5-2-6-14-27(21)23/h1,3-4,8-9,12-13,17,20H,2,5-7,10-11,14-16H2. The Labute approximate surface area is 183 Å². The molecule has 1 atom stereocenters. The van der Waals surface area contributed by atoms with Crippen molar-refractivity contribution in [2.45, 2.75) is 55.9 Å². The van der Waals surface area contributed by atoms with Crippen LogP contribution in [0.5, 0.6) is 0 Å². The Morgan fingerprint density at radius 1 is 1.00 bits per heavy atom. The maximum atomic E-state index is 13.4. The first-order chi connectivity index (χ1) is 15.0. The third-order valence-electron chi connectivity index (χ3n) is 6.55. The average molecular weight is 438 g/mol. The average Bonchev–Trinajstić information content (AvgIpc) is 3.10. The highest BCUT2D eigenvalue weighted by atomic mass is 32.2. The Bertz CT molecular complexity index is 1130. The highest BCUT2D eigenvalue weighted by molar-refractivity contribution is 7.90. The summed E-state index contributed by atoms with van der Waals surface area (Å²) in [5, 5.41) is 0. The smallest absolute Gasteiger partial charge is 0.286 e. The topological polar surface area (TPSA) is 70.0 Å². The second kappa shape index (κ2) is 8.11. The minimum Gasteiger partial charge on any atom is -0.335 e. The molecular formula is C24H27N3O3S. The van der Waals surface area contributed by atoms with Crippen molar-refractivity contribution in [3.05, 3.63) is 59.7 Å². The third kappa shape index (κ3) is 3.87. The van der Waals surface area contributed by atoms with Crippen LogP contribution in [0.15, 0.2) is 57.8 Å². The minimum absolute atomic E-state index is 0.0953. The molecule has 1 amide bonds. The van der Waals surface area contributed by atoms with Crippen LogP contribution in [0.25, 0.3) is 0 Å². The summed E-state index contributed by atoms with van der Waals surface area (Å²) in [6.07, 6.45) is 6.45. The third-order valence-corrected chi connectivity index (χ3v) is 7.88. The summed E-state index contributed by atoms with van der Waals surface area (Å²) in [4.78, 5) is 17.4. The SMILES string of the molecule is O=C(c1ccc2c(c1)S(=O)(=O)N=C1CCCCCN12)N1CCCC1Cc1ccccc1. The number of sulfonamides is 1. The van der Waals surface area contributed by atoms with E-state index in [1.807, 2.05) is 28.0 Å². The van der Waals surface area contributed by atoms with Crippen molar-refractivity contribution >= 4 is 27.5 Å². The minimum atomic E-state index is -3.79. The molecule has 162 valence electrons. The molecule has 31 heavy (non-hydrogen) atoms. The van der Waals surface area contributed by atoms with E-state index in [0.29, 0.717) is 30.1 Å². The molecule has 6 nitrogen and oxygen atoms in total. The number of benzene rings is 2. The maximum Gasteiger partial charge on any atom is 0.286 e. The first-order valence-corrected chi connectivity index (χ1v) is 12.6. The lowest BCUT2D eigenvalue weighted by Gasteiger charge is -2.30. The van der Waals surface area contributed by atoms with Crippen LogP contribution >= 0.6 is 0 Å². The molecule has 2 saturated heterocycles. The van der Waals surface area contributed by atoms with E-state index in [0.717, 1.165) is 45.1 Å². The van der Waals surface area contributed by atoms with Crippen LogP contribution in [0.3, 0.4) is 0 Å². The lowest BCUT2D eigenvalue weighted by atomic mass is 10.0. The molecule has 5 rings (SSSR count). The molecule has 3 aliphatic heterocycles. The van der Waals surface area contributed by atoms with Gasteiger partial charge in [0.2, 0.25) is 0 Å². The quantitative estimate of drug-likeness (QED) is 0.727. The van der Waals surface area contributed by atoms with Crippen molar-refractivity contribution in [1.82, 2.24) is 4.90 Å². The van der Waals surface area contributed by atoms with Gasteiger partial charge in [-0.3, -0.25) is 4.79 Å². The summed E-state index contributed by atoms with van der Waals surface area (Å²) in [6, 6.07) is 15.4. The van der Waals surface area contributed by atoms with Crippen molar-refractivity contribution in [3.8, 4) is 0 Å². The number of anilines is 1. The molecule has 1 unspecified atom stereocenters. The van der Waals surface area contributed by atoms with Crippen molar-refractivity contribution in [2.24, 2.45) is 4.40 Å². The number of amidine groups is 1. The van der Waals surface area contributed by atoms with E-state index in [9.17, 15) is 13.2 Å². The fourth-order valence-electron chi connectivity index (χ4n) is 4.98. The van der Waals surface area contributed by atoms with Gasteiger partial charge in [0.05, 0.1) is 5.69 Å². The number of hydrogen-bond acceptors (Lipinski definition) is 4. The Balaban J connectivity index is 1.44. The van der Waals surface area contributed by atoms with E-state index in [-0.39, 0.29) is 16.8 Å². The Kier molecular flexibility index (Phi) is 5.30. The number of fused-ring (bicyclic) bond motifs is 3. The van der Waals surface area contributed by atoms with Gasteiger partial charge in [-0.1, -0.05) is 36.8 Å². The molecule has 0 radical (unpaired) electrons. The molecule has 0 aromatic heterocycles. The first-order valence-electron chi connectivity index (χ1n) is 11.1. The molecule has 0 aliphatic carbocycles. The number of likely N-dealkylation sites (tertiary alicyclic amines) is 1. The van der Waals surface area contributed by atoms with Crippen LogP contribution in [0.2, 0.25) is 0 Å². The van der Waals surface area contributed by atoms with Crippen LogP contribution in [0, 0.1) is 0 Å². The monoisotopic (exact) mass is 437 g/mol. The van der Waals surface area contributed by atoms with E-state index in [1.54, 1.807) is 12.1 Å². The number of amides is 1. The summed E-state index contributed by atoms with van der Waals surface area (Å²) >= 11 is 0. The summed E-state index contributed by atoms with van der Waals surface area (Å²) in [5.41, 5.74) is 2.30. The first kappa shape index (κ1) is 20.2. The van der Waals surface area contributed by atoms with Gasteiger partial charge in [-0.2, -0.15) is 8.42 Å². The van der Waals surface area contributed by atoms with Gasteiger partial charge in [0, 0.05) is 31.1 Å². The predicted octanol–water partition coefficient (Wildman–Crippen LogP) is 4.02. The van der Waals surface area contributed by atoms with Crippen LogP contribution < -0.4 is 4.90 Å². The van der Waals surface area contributed by atoms with Gasteiger partial charge < -0.3 is 9.80 Å². The number of hydrogen-bond donors (Lipinski definition) is 0. The van der Waals surface area contributed by atoms with Gasteiger partial charge in [-0.15, -0.1) is 4.40 Å². The predicted molar refractivity (Wildman–Crippen MR) is 121 cm³/mol. The molecule has 0 spiro atoms. The number of carbonyl (C=O) groups is 1. The number of rotatable bonds is 3. The van der Waals surface area contributed by atoms with Crippen LogP contribution in [-0.4, -0.2) is 44.2 Å². The molecule has 0 bridgehead atoms. The molecule has 3 aliphatic rings. The van der Waals surface area contributed by atoms with Crippen molar-refractivity contribution in [2.75, 3.05) is 18.0 Å². The van der Waals surface area contributed by atoms with Crippen molar-refractivity contribution in [1.29, 1.82) is 0 Å². The summed E-state index contributed by atoms with van der Waals surface area (Å²) in [6.45, 7) is 1.47. The normalized spacial score (nSPS) is 22.3. The molecular weight excluding hydrogens is 410 g/mol. The molecule has 0 saturated carbocycles. The second-order valence-electron chi connectivity index (χ2n) is 8.61. The van der Waals surface area contributed by atoms with Gasteiger partial charge >= 0.3 is 0 Å². The second-order valence-corrected chi connectivity index (χ2v) is 10.2. The summed E-state index contributed by atoms with van der Waals surface area (Å²) < 4.78 is 29.9. The Morgan fingerprint density at radius 2 is 1.84 bits per heavy atom. The van der Waals surface area contributed by atoms with Gasteiger partial charge in [0.15, 0.2) is 0 Å². The van der Waals surface area contributed by atoms with E-state index in [2.05, 4.69) is 16.5 Å². The zero-order valence-electron chi connectivity index (χ0n) is 17.5. The molecule has 2 fully saturated rings. The molecule has 0 N–H and O–H groups in total. The van der Waals surface area contributed by atoms with Gasteiger partial charge in [0.1, 0.15) is 10.7 Å². The number of carbonyl (C=O) groups excluding carboxylic acids is 1. The van der Waals surface area contributed by atoms with Crippen molar-refractivity contribution < 1.29 is 13.2 Å². The van der Waals surface area contributed by atoms with Crippen molar-refractivity contribution in [3.63, 3.8) is 0 Å². The van der Waals surface area contributed by atoms with Crippen LogP contribution in [-0.2, 0) is 16.4 Å². The maximum absolute atomic E-state index is 13.4.